The van der Waals surface area contributed by atoms with Crippen LogP contribution in [-0.2, 0) is 0 Å². The van der Waals surface area contributed by atoms with Gasteiger partial charge in [0.05, 0.1) is 12.4 Å². The Morgan fingerprint density at radius 1 is 1.24 bits per heavy atom. The molecule has 0 atom stereocenters. The van der Waals surface area contributed by atoms with E-state index in [1.165, 1.54) is 6.07 Å². The van der Waals surface area contributed by atoms with Gasteiger partial charge in [-0.25, -0.2) is 4.39 Å². The van der Waals surface area contributed by atoms with Crippen molar-refractivity contribution in [2.45, 2.75) is 6.92 Å². The molecule has 1 aromatic carbocycles. The predicted octanol–water partition coefficient (Wildman–Crippen LogP) is 3.68. The number of pyridine rings is 1. The molecule has 0 amide bonds. The average Bonchev–Trinajstić information content (AvgIpc) is 2.71. The zero-order valence-corrected chi connectivity index (χ0v) is 9.29. The van der Waals surface area contributed by atoms with Gasteiger partial charge in [-0.3, -0.25) is 4.98 Å². The number of rotatable bonds is 1. The van der Waals surface area contributed by atoms with Crippen molar-refractivity contribution in [2.24, 2.45) is 0 Å². The van der Waals surface area contributed by atoms with Gasteiger partial charge in [-0.2, -0.15) is 0 Å². The summed E-state index contributed by atoms with van der Waals surface area (Å²) in [4.78, 5) is 7.21. The number of fused-ring (bicyclic) bond motifs is 1. The molecule has 0 saturated carbocycles. The Balaban J connectivity index is 2.15. The van der Waals surface area contributed by atoms with E-state index in [1.807, 2.05) is 6.07 Å². The van der Waals surface area contributed by atoms with Crippen LogP contribution >= 0.6 is 0 Å². The van der Waals surface area contributed by atoms with E-state index >= 15 is 0 Å². The fourth-order valence-corrected chi connectivity index (χ4v) is 1.85. The maximum Gasteiger partial charge on any atom is 0.126 e. The molecular weight excluding hydrogens is 215 g/mol. The van der Waals surface area contributed by atoms with Crippen LogP contribution in [0.1, 0.15) is 6.93 Å². The van der Waals surface area contributed by atoms with Crippen LogP contribution in [0.4, 0.5) is 4.39 Å². The number of aromatic nitrogens is 2. The molecule has 17 heavy (non-hydrogen) atoms. The molecule has 0 aliphatic rings. The van der Waals surface area contributed by atoms with Gasteiger partial charge >= 0.3 is 0 Å². The third-order valence-corrected chi connectivity index (χ3v) is 2.83. The lowest BCUT2D eigenvalue weighted by atomic mass is 10.0. The number of H-pyrrole nitrogens is 1. The second-order valence-electron chi connectivity index (χ2n) is 4.03. The van der Waals surface area contributed by atoms with Gasteiger partial charge in [0.2, 0.25) is 0 Å². The molecule has 0 fully saturated rings. The van der Waals surface area contributed by atoms with Crippen LogP contribution in [-0.4, -0.2) is 9.97 Å². The number of hydrogen-bond acceptors (Lipinski definition) is 1. The summed E-state index contributed by atoms with van der Waals surface area (Å²) >= 11 is 0. The number of hydrogen-bond donors (Lipinski definition) is 1. The van der Waals surface area contributed by atoms with Crippen molar-refractivity contribution in [2.75, 3.05) is 0 Å². The van der Waals surface area contributed by atoms with Crippen LogP contribution in [0.2, 0.25) is 0 Å². The SMILES string of the molecule is [2H]c1cc2ncc(-c3ccc(F)c(C)c3)cc2[nH]1. The Kier molecular flexibility index (Phi) is 1.94. The maximum absolute atomic E-state index is 13.2. The van der Waals surface area contributed by atoms with E-state index in [-0.39, 0.29) is 5.82 Å². The van der Waals surface area contributed by atoms with E-state index < -0.39 is 0 Å². The number of nitrogens with zero attached hydrogens (tertiary/aromatic N) is 1. The first-order valence-electron chi connectivity index (χ1n) is 5.85. The summed E-state index contributed by atoms with van der Waals surface area (Å²) < 4.78 is 20.7. The number of aryl methyl sites for hydroxylation is 1. The van der Waals surface area contributed by atoms with Crippen molar-refractivity contribution in [3.63, 3.8) is 0 Å². The van der Waals surface area contributed by atoms with Crippen LogP contribution in [0.25, 0.3) is 22.2 Å². The fraction of sp³-hybridized carbons (Fsp3) is 0.0714. The van der Waals surface area contributed by atoms with Crippen LogP contribution in [0.15, 0.2) is 42.7 Å². The third kappa shape index (κ3) is 1.69. The Hall–Kier alpha value is -2.16. The zero-order valence-electron chi connectivity index (χ0n) is 10.3. The lowest BCUT2D eigenvalue weighted by Gasteiger charge is -2.03. The quantitative estimate of drug-likeness (QED) is 0.675. The van der Waals surface area contributed by atoms with Crippen molar-refractivity contribution in [1.29, 1.82) is 0 Å². The van der Waals surface area contributed by atoms with E-state index in [4.69, 9.17) is 1.37 Å². The molecule has 84 valence electrons. The predicted molar refractivity (Wildman–Crippen MR) is 66.2 cm³/mol. The summed E-state index contributed by atoms with van der Waals surface area (Å²) in [6.07, 6.45) is 2.08. The summed E-state index contributed by atoms with van der Waals surface area (Å²) in [7, 11) is 0. The van der Waals surface area contributed by atoms with Gasteiger partial charge in [0.1, 0.15) is 5.82 Å². The second-order valence-corrected chi connectivity index (χ2v) is 4.03. The first kappa shape index (κ1) is 8.93. The first-order chi connectivity index (χ1) is 8.63. The minimum absolute atomic E-state index is 0.207. The molecule has 0 spiro atoms. The maximum atomic E-state index is 13.2. The molecule has 1 N–H and O–H groups in total. The average molecular weight is 227 g/mol. The molecule has 2 aromatic heterocycles. The molecule has 3 rings (SSSR count). The van der Waals surface area contributed by atoms with Crippen LogP contribution in [0, 0.1) is 12.7 Å². The molecule has 0 unspecified atom stereocenters. The highest BCUT2D eigenvalue weighted by atomic mass is 19.1. The molecule has 0 aliphatic heterocycles. The molecular formula is C14H11FN2. The summed E-state index contributed by atoms with van der Waals surface area (Å²) in [5, 5.41) is 0. The molecule has 2 nitrogen and oxygen atoms in total. The van der Waals surface area contributed by atoms with Gasteiger partial charge in [0, 0.05) is 17.9 Å². The van der Waals surface area contributed by atoms with Crippen molar-refractivity contribution in [3.05, 3.63) is 54.1 Å². The first-order valence-corrected chi connectivity index (χ1v) is 5.35. The van der Waals surface area contributed by atoms with Crippen LogP contribution in [0.5, 0.6) is 0 Å². The Labute approximate surface area is 99.5 Å². The number of aromatic amines is 1. The molecule has 0 aliphatic carbocycles. The standard InChI is InChI=1S/C14H11FN2/c1-9-6-10(2-3-12(9)15)11-7-14-13(17-8-11)4-5-16-14/h2-8,16H,1H3/i5D. The molecule has 2 heterocycles. The van der Waals surface area contributed by atoms with E-state index in [0.717, 1.165) is 22.2 Å². The lowest BCUT2D eigenvalue weighted by Crippen LogP contribution is -1.85. The topological polar surface area (TPSA) is 28.7 Å². The normalized spacial score (nSPS) is 11.8. The van der Waals surface area contributed by atoms with Gasteiger partial charge in [-0.05, 0) is 42.3 Å². The highest BCUT2D eigenvalue weighted by molar-refractivity contribution is 5.80. The van der Waals surface area contributed by atoms with Gasteiger partial charge in [-0.15, -0.1) is 0 Å². The van der Waals surface area contributed by atoms with Crippen molar-refractivity contribution in [3.8, 4) is 11.1 Å². The summed E-state index contributed by atoms with van der Waals surface area (Å²) in [6, 6.07) is 8.58. The van der Waals surface area contributed by atoms with E-state index in [2.05, 4.69) is 9.97 Å². The summed E-state index contributed by atoms with van der Waals surface area (Å²) in [5.74, 6) is -0.207. The molecule has 3 aromatic rings. The van der Waals surface area contributed by atoms with Crippen LogP contribution in [0.3, 0.4) is 0 Å². The smallest absolute Gasteiger partial charge is 0.126 e. The largest absolute Gasteiger partial charge is 0.360 e. The highest BCUT2D eigenvalue weighted by Crippen LogP contribution is 2.23. The highest BCUT2D eigenvalue weighted by Gasteiger charge is 2.04. The third-order valence-electron chi connectivity index (χ3n) is 2.83. The van der Waals surface area contributed by atoms with E-state index in [0.29, 0.717) is 11.7 Å². The Morgan fingerprint density at radius 2 is 2.12 bits per heavy atom. The second kappa shape index (κ2) is 3.70. The Bertz CT molecular complexity index is 734. The van der Waals surface area contributed by atoms with Gasteiger partial charge in [-0.1, -0.05) is 6.07 Å². The molecule has 3 heteroatoms. The minimum atomic E-state index is -0.207. The van der Waals surface area contributed by atoms with Gasteiger partial charge in [0.15, 0.2) is 0 Å². The van der Waals surface area contributed by atoms with Crippen molar-refractivity contribution >= 4 is 11.0 Å². The number of halogens is 1. The molecule has 0 radical (unpaired) electrons. The number of benzene rings is 1. The van der Waals surface area contributed by atoms with Gasteiger partial charge in [0.25, 0.3) is 0 Å². The van der Waals surface area contributed by atoms with Crippen molar-refractivity contribution in [1.82, 2.24) is 9.97 Å². The molecule has 0 bridgehead atoms. The minimum Gasteiger partial charge on any atom is -0.360 e. The number of nitrogens with one attached hydrogen (secondary N) is 1. The van der Waals surface area contributed by atoms with Crippen molar-refractivity contribution < 1.29 is 5.76 Å². The zero-order chi connectivity index (χ0) is 12.7. The summed E-state index contributed by atoms with van der Waals surface area (Å²) in [5.41, 5.74) is 4.03. The Morgan fingerprint density at radius 3 is 2.94 bits per heavy atom. The lowest BCUT2D eigenvalue weighted by molar-refractivity contribution is 0.619. The van der Waals surface area contributed by atoms with Crippen LogP contribution < -0.4 is 0 Å². The van der Waals surface area contributed by atoms with E-state index in [9.17, 15) is 4.39 Å². The fourth-order valence-electron chi connectivity index (χ4n) is 1.85. The summed E-state index contributed by atoms with van der Waals surface area (Å²) in [6.45, 7) is 1.74. The van der Waals surface area contributed by atoms with Gasteiger partial charge < -0.3 is 4.98 Å². The van der Waals surface area contributed by atoms with E-state index in [1.54, 1.807) is 31.3 Å². The molecule has 0 saturated heterocycles. The monoisotopic (exact) mass is 227 g/mol.